The molecule has 0 saturated heterocycles. The Hall–Kier alpha value is -3.67. The summed E-state index contributed by atoms with van der Waals surface area (Å²) in [5, 5.41) is 0. The van der Waals surface area contributed by atoms with Crippen LogP contribution >= 0.6 is 0 Å². The van der Waals surface area contributed by atoms with E-state index in [1.807, 2.05) is 0 Å². The Bertz CT molecular complexity index is 1250. The summed E-state index contributed by atoms with van der Waals surface area (Å²) >= 11 is 0. The maximum absolute atomic E-state index is 12.7. The zero-order valence-corrected chi connectivity index (χ0v) is 39.4. The Balaban J connectivity index is 4.24. The summed E-state index contributed by atoms with van der Waals surface area (Å²) in [6.07, 6.45) is 64.3. The van der Waals surface area contributed by atoms with Crippen molar-refractivity contribution >= 4 is 17.9 Å². The Morgan fingerprint density at radius 2 is 0.639 bits per heavy atom. The molecule has 346 valence electrons. The second kappa shape index (κ2) is 49.0. The Labute approximate surface area is 375 Å². The summed E-state index contributed by atoms with van der Waals surface area (Å²) in [6, 6.07) is 0. The van der Waals surface area contributed by atoms with E-state index in [1.54, 1.807) is 0 Å². The molecule has 0 aliphatic carbocycles. The maximum atomic E-state index is 12.7. The zero-order chi connectivity index (χ0) is 44.4. The van der Waals surface area contributed by atoms with Crippen LogP contribution in [0.15, 0.2) is 97.2 Å². The standard InChI is InChI=1S/C55H90O6/c1-4-7-10-13-16-18-20-21-22-23-24-25-26-27-28-29-30-31-32-33-34-35-36-38-39-42-45-48-54(57)60-51-52(50-59-53(56)47-44-41-15-12-9-6-3)61-55(58)49-46-43-40-37-19-17-14-11-8-5-2/h7,10,16,18,21-22,24-25,27-28,30-31,33-34,36,38,52H,4-6,8-9,11-15,17,19-20,23,26,29,32,35,37,39-51H2,1-3H3/b10-7-,18-16-,22-21-,25-24-,28-27-,31-30-,34-33-,38-36-. The van der Waals surface area contributed by atoms with Crippen LogP contribution in [0.4, 0.5) is 0 Å². The van der Waals surface area contributed by atoms with Crippen molar-refractivity contribution in [2.24, 2.45) is 0 Å². The number of rotatable bonds is 43. The van der Waals surface area contributed by atoms with Crippen LogP contribution in [-0.2, 0) is 28.6 Å². The molecule has 0 bridgehead atoms. The molecule has 1 atom stereocenters. The van der Waals surface area contributed by atoms with Crippen LogP contribution in [-0.4, -0.2) is 37.2 Å². The van der Waals surface area contributed by atoms with E-state index < -0.39 is 6.10 Å². The van der Waals surface area contributed by atoms with E-state index in [0.29, 0.717) is 19.3 Å². The molecule has 0 N–H and O–H groups in total. The third-order valence-electron chi connectivity index (χ3n) is 10.1. The first-order valence-electron chi connectivity index (χ1n) is 24.7. The molecule has 0 aromatic rings. The minimum Gasteiger partial charge on any atom is -0.462 e. The fraction of sp³-hybridized carbons (Fsp3) is 0.655. The number of carbonyl (C=O) groups is 3. The SMILES string of the molecule is CC/C=C\C/C=C\C/C=C\C/C=C\C/C=C\C/C=C\C/C=C\C/C=C\CCCCC(=O)OCC(COC(=O)CCCCCCCC)OC(=O)CCCCCCCCCCCC. The number of hydrogen-bond donors (Lipinski definition) is 0. The van der Waals surface area contributed by atoms with Gasteiger partial charge in [0.1, 0.15) is 13.2 Å². The molecule has 0 amide bonds. The van der Waals surface area contributed by atoms with Gasteiger partial charge in [0.25, 0.3) is 0 Å². The molecule has 0 aliphatic rings. The van der Waals surface area contributed by atoms with Gasteiger partial charge in [-0.3, -0.25) is 14.4 Å². The Morgan fingerprint density at radius 3 is 1.00 bits per heavy atom. The van der Waals surface area contributed by atoms with Crippen LogP contribution in [0.25, 0.3) is 0 Å². The number of ether oxygens (including phenoxy) is 3. The molecule has 6 heteroatoms. The highest BCUT2D eigenvalue weighted by Crippen LogP contribution is 2.13. The van der Waals surface area contributed by atoms with E-state index in [4.69, 9.17) is 14.2 Å². The van der Waals surface area contributed by atoms with Crippen LogP contribution < -0.4 is 0 Å². The number of carbonyl (C=O) groups excluding carboxylic acids is 3. The van der Waals surface area contributed by atoms with Gasteiger partial charge in [0.2, 0.25) is 0 Å². The summed E-state index contributed by atoms with van der Waals surface area (Å²) in [5.74, 6) is -0.954. The second-order valence-electron chi connectivity index (χ2n) is 16.0. The van der Waals surface area contributed by atoms with Gasteiger partial charge in [0, 0.05) is 19.3 Å². The van der Waals surface area contributed by atoms with Gasteiger partial charge in [0.05, 0.1) is 0 Å². The van der Waals surface area contributed by atoms with E-state index in [9.17, 15) is 14.4 Å². The molecule has 0 aromatic carbocycles. The molecule has 0 spiro atoms. The first-order valence-corrected chi connectivity index (χ1v) is 24.7. The van der Waals surface area contributed by atoms with Crippen LogP contribution in [0, 0.1) is 0 Å². The molecule has 1 unspecified atom stereocenters. The number of allylic oxidation sites excluding steroid dienone is 16. The average molecular weight is 847 g/mol. The Morgan fingerprint density at radius 1 is 0.344 bits per heavy atom. The van der Waals surface area contributed by atoms with E-state index in [0.717, 1.165) is 109 Å². The van der Waals surface area contributed by atoms with Crippen molar-refractivity contribution in [1.82, 2.24) is 0 Å². The van der Waals surface area contributed by atoms with E-state index in [-0.39, 0.29) is 31.1 Å². The predicted octanol–water partition coefficient (Wildman–Crippen LogP) is 16.2. The first-order chi connectivity index (χ1) is 30.0. The van der Waals surface area contributed by atoms with Gasteiger partial charge in [0.15, 0.2) is 6.10 Å². The zero-order valence-electron chi connectivity index (χ0n) is 39.4. The van der Waals surface area contributed by atoms with Gasteiger partial charge in [-0.1, -0.05) is 208 Å². The maximum Gasteiger partial charge on any atom is 0.306 e. The van der Waals surface area contributed by atoms with Crippen molar-refractivity contribution in [3.63, 3.8) is 0 Å². The summed E-state index contributed by atoms with van der Waals surface area (Å²) < 4.78 is 16.6. The second-order valence-corrected chi connectivity index (χ2v) is 16.0. The molecule has 0 aliphatic heterocycles. The minimum absolute atomic E-state index is 0.0909. The van der Waals surface area contributed by atoms with Gasteiger partial charge in [-0.2, -0.15) is 0 Å². The fourth-order valence-corrected chi connectivity index (χ4v) is 6.40. The lowest BCUT2D eigenvalue weighted by Crippen LogP contribution is -2.30. The summed E-state index contributed by atoms with van der Waals surface area (Å²) in [6.45, 7) is 6.39. The summed E-state index contributed by atoms with van der Waals surface area (Å²) in [4.78, 5) is 37.6. The van der Waals surface area contributed by atoms with Crippen LogP contribution in [0.3, 0.4) is 0 Å². The first kappa shape index (κ1) is 57.3. The van der Waals surface area contributed by atoms with Crippen molar-refractivity contribution in [2.45, 2.75) is 219 Å². The molecular weight excluding hydrogens is 757 g/mol. The number of hydrogen-bond acceptors (Lipinski definition) is 6. The fourth-order valence-electron chi connectivity index (χ4n) is 6.40. The third kappa shape index (κ3) is 47.2. The van der Waals surface area contributed by atoms with Crippen LogP contribution in [0.1, 0.15) is 213 Å². The van der Waals surface area contributed by atoms with Crippen LogP contribution in [0.2, 0.25) is 0 Å². The lowest BCUT2D eigenvalue weighted by molar-refractivity contribution is -0.167. The minimum atomic E-state index is -0.788. The molecule has 0 radical (unpaired) electrons. The molecule has 0 heterocycles. The highest BCUT2D eigenvalue weighted by molar-refractivity contribution is 5.71. The Kier molecular flexibility index (Phi) is 46.0. The molecule has 0 fully saturated rings. The molecule has 6 nitrogen and oxygen atoms in total. The summed E-state index contributed by atoms with van der Waals surface area (Å²) in [7, 11) is 0. The van der Waals surface area contributed by atoms with E-state index >= 15 is 0 Å². The molecule has 61 heavy (non-hydrogen) atoms. The average Bonchev–Trinajstić information content (AvgIpc) is 3.26. The molecule has 0 aromatic heterocycles. The molecular formula is C55H90O6. The van der Waals surface area contributed by atoms with E-state index in [2.05, 4.69) is 118 Å². The van der Waals surface area contributed by atoms with Crippen molar-refractivity contribution in [1.29, 1.82) is 0 Å². The van der Waals surface area contributed by atoms with Gasteiger partial charge in [-0.15, -0.1) is 0 Å². The van der Waals surface area contributed by atoms with Gasteiger partial charge < -0.3 is 14.2 Å². The molecule has 0 rings (SSSR count). The van der Waals surface area contributed by atoms with E-state index in [1.165, 1.54) is 64.2 Å². The van der Waals surface area contributed by atoms with Crippen molar-refractivity contribution in [3.8, 4) is 0 Å². The lowest BCUT2D eigenvalue weighted by atomic mass is 10.1. The topological polar surface area (TPSA) is 78.9 Å². The quantitative estimate of drug-likeness (QED) is 0.0263. The predicted molar refractivity (Wildman–Crippen MR) is 260 cm³/mol. The highest BCUT2D eigenvalue weighted by atomic mass is 16.6. The van der Waals surface area contributed by atoms with Crippen molar-refractivity contribution in [3.05, 3.63) is 97.2 Å². The summed E-state index contributed by atoms with van der Waals surface area (Å²) in [5.41, 5.74) is 0. The number of unbranched alkanes of at least 4 members (excludes halogenated alkanes) is 16. The van der Waals surface area contributed by atoms with Crippen molar-refractivity contribution < 1.29 is 28.6 Å². The van der Waals surface area contributed by atoms with Gasteiger partial charge >= 0.3 is 17.9 Å². The largest absolute Gasteiger partial charge is 0.462 e. The third-order valence-corrected chi connectivity index (χ3v) is 10.1. The highest BCUT2D eigenvalue weighted by Gasteiger charge is 2.19. The smallest absolute Gasteiger partial charge is 0.306 e. The normalized spacial score (nSPS) is 12.9. The van der Waals surface area contributed by atoms with Crippen molar-refractivity contribution in [2.75, 3.05) is 13.2 Å². The lowest BCUT2D eigenvalue weighted by Gasteiger charge is -2.18. The monoisotopic (exact) mass is 847 g/mol. The van der Waals surface area contributed by atoms with Crippen LogP contribution in [0.5, 0.6) is 0 Å². The number of esters is 3. The molecule has 0 saturated carbocycles. The van der Waals surface area contributed by atoms with Gasteiger partial charge in [-0.05, 0) is 83.5 Å². The van der Waals surface area contributed by atoms with Gasteiger partial charge in [-0.25, -0.2) is 0 Å².